The molecule has 0 unspecified atom stereocenters. The minimum atomic E-state index is 0.471. The summed E-state index contributed by atoms with van der Waals surface area (Å²) in [5, 5.41) is 0. The molecule has 0 bridgehead atoms. The molecule has 1 heteroatoms. The molecule has 1 nitrogen and oxygen atoms in total. The van der Waals surface area contributed by atoms with Crippen molar-refractivity contribution in [2.75, 3.05) is 0 Å². The summed E-state index contributed by atoms with van der Waals surface area (Å²) in [6, 6.07) is 9.60. The first-order chi connectivity index (χ1) is 7.78. The summed E-state index contributed by atoms with van der Waals surface area (Å²) in [7, 11) is 0. The molecular weight excluding hydrogens is 194 g/mol. The maximum Gasteiger partial charge on any atom is 0.00390 e. The van der Waals surface area contributed by atoms with Crippen molar-refractivity contribution in [3.8, 4) is 0 Å². The zero-order valence-corrected chi connectivity index (χ0v) is 10.3. The number of nitrogens with two attached hydrogens (primary N) is 1. The van der Waals surface area contributed by atoms with Crippen LogP contribution in [0.15, 0.2) is 24.3 Å². The van der Waals surface area contributed by atoms with Crippen LogP contribution in [0.3, 0.4) is 0 Å². The van der Waals surface area contributed by atoms with Gasteiger partial charge < -0.3 is 5.73 Å². The first-order valence-electron chi connectivity index (χ1n) is 6.61. The van der Waals surface area contributed by atoms with Crippen LogP contribution in [0.5, 0.6) is 0 Å². The second-order valence-corrected chi connectivity index (χ2v) is 5.15. The summed E-state index contributed by atoms with van der Waals surface area (Å²) in [6.45, 7) is 2.21. The van der Waals surface area contributed by atoms with E-state index in [9.17, 15) is 0 Å². The molecule has 0 saturated heterocycles. The van der Waals surface area contributed by atoms with Crippen LogP contribution in [0, 0.1) is 5.92 Å². The summed E-state index contributed by atoms with van der Waals surface area (Å²) in [4.78, 5) is 0. The standard InChI is InChI=1S/C15H23N/c1-2-12-3-5-13(6-4-12)11-14-7-9-15(16)10-8-14/h3-6,14-15H,2,7-11,16H2,1H3. The molecule has 1 aliphatic rings. The maximum absolute atomic E-state index is 5.93. The third-order valence-corrected chi connectivity index (χ3v) is 3.85. The lowest BCUT2D eigenvalue weighted by molar-refractivity contribution is 0.325. The quantitative estimate of drug-likeness (QED) is 0.826. The van der Waals surface area contributed by atoms with Crippen molar-refractivity contribution < 1.29 is 0 Å². The van der Waals surface area contributed by atoms with Crippen LogP contribution in [-0.2, 0) is 12.8 Å². The summed E-state index contributed by atoms with van der Waals surface area (Å²) in [5.41, 5.74) is 8.87. The third-order valence-electron chi connectivity index (χ3n) is 3.85. The predicted octanol–water partition coefficient (Wildman–Crippen LogP) is 3.31. The number of hydrogen-bond donors (Lipinski definition) is 1. The Balaban J connectivity index is 1.88. The van der Waals surface area contributed by atoms with Crippen LogP contribution in [0.25, 0.3) is 0 Å². The van der Waals surface area contributed by atoms with Crippen LogP contribution < -0.4 is 5.73 Å². The molecule has 1 aromatic carbocycles. The van der Waals surface area contributed by atoms with Crippen molar-refractivity contribution in [3.63, 3.8) is 0 Å². The highest BCUT2D eigenvalue weighted by molar-refractivity contribution is 5.22. The van der Waals surface area contributed by atoms with Gasteiger partial charge in [0.15, 0.2) is 0 Å². The van der Waals surface area contributed by atoms with Crippen molar-refractivity contribution in [3.05, 3.63) is 35.4 Å². The first kappa shape index (κ1) is 11.7. The van der Waals surface area contributed by atoms with E-state index in [0.717, 1.165) is 12.3 Å². The van der Waals surface area contributed by atoms with Crippen molar-refractivity contribution in [2.45, 2.75) is 51.5 Å². The minimum absolute atomic E-state index is 0.471. The average molecular weight is 217 g/mol. The van der Waals surface area contributed by atoms with E-state index in [-0.39, 0.29) is 0 Å². The molecule has 2 N–H and O–H groups in total. The Kier molecular flexibility index (Phi) is 4.00. The highest BCUT2D eigenvalue weighted by Crippen LogP contribution is 2.26. The fraction of sp³-hybridized carbons (Fsp3) is 0.600. The Hall–Kier alpha value is -0.820. The van der Waals surface area contributed by atoms with E-state index < -0.39 is 0 Å². The number of rotatable bonds is 3. The van der Waals surface area contributed by atoms with Gasteiger partial charge in [-0.25, -0.2) is 0 Å². The summed E-state index contributed by atoms with van der Waals surface area (Å²) < 4.78 is 0. The molecular formula is C15H23N. The van der Waals surface area contributed by atoms with Crippen LogP contribution in [0.1, 0.15) is 43.7 Å². The highest BCUT2D eigenvalue weighted by Gasteiger charge is 2.18. The molecule has 0 radical (unpaired) electrons. The highest BCUT2D eigenvalue weighted by atomic mass is 14.6. The van der Waals surface area contributed by atoms with Gasteiger partial charge in [0.25, 0.3) is 0 Å². The van der Waals surface area contributed by atoms with Crippen LogP contribution in [0.2, 0.25) is 0 Å². The van der Waals surface area contributed by atoms with E-state index in [2.05, 4.69) is 31.2 Å². The van der Waals surface area contributed by atoms with Crippen LogP contribution >= 0.6 is 0 Å². The largest absolute Gasteiger partial charge is 0.328 e. The molecule has 88 valence electrons. The molecule has 1 fully saturated rings. The second-order valence-electron chi connectivity index (χ2n) is 5.15. The molecule has 1 aromatic rings. The molecule has 0 heterocycles. The van der Waals surface area contributed by atoms with Crippen molar-refractivity contribution in [1.82, 2.24) is 0 Å². The molecule has 0 aromatic heterocycles. The predicted molar refractivity (Wildman–Crippen MR) is 69.5 cm³/mol. The lowest BCUT2D eigenvalue weighted by atomic mass is 9.82. The molecule has 1 aliphatic carbocycles. The lowest BCUT2D eigenvalue weighted by Crippen LogP contribution is -2.27. The van der Waals surface area contributed by atoms with Crippen LogP contribution in [-0.4, -0.2) is 6.04 Å². The normalized spacial score (nSPS) is 25.6. The Bertz CT molecular complexity index is 307. The Morgan fingerprint density at radius 2 is 1.56 bits per heavy atom. The van der Waals surface area contributed by atoms with Crippen molar-refractivity contribution >= 4 is 0 Å². The topological polar surface area (TPSA) is 26.0 Å². The van der Waals surface area contributed by atoms with Crippen LogP contribution in [0.4, 0.5) is 0 Å². The van der Waals surface area contributed by atoms with Gasteiger partial charge in [-0.1, -0.05) is 31.2 Å². The zero-order chi connectivity index (χ0) is 11.4. The smallest absolute Gasteiger partial charge is 0.00390 e. The fourth-order valence-electron chi connectivity index (χ4n) is 2.64. The van der Waals surface area contributed by atoms with Gasteiger partial charge in [-0.15, -0.1) is 0 Å². The number of aryl methyl sites for hydroxylation is 1. The Morgan fingerprint density at radius 3 is 2.12 bits per heavy atom. The zero-order valence-electron chi connectivity index (χ0n) is 10.3. The minimum Gasteiger partial charge on any atom is -0.328 e. The van der Waals surface area contributed by atoms with E-state index in [0.29, 0.717) is 6.04 Å². The van der Waals surface area contributed by atoms with E-state index in [1.165, 1.54) is 43.2 Å². The monoisotopic (exact) mass is 217 g/mol. The van der Waals surface area contributed by atoms with E-state index in [1.807, 2.05) is 0 Å². The van der Waals surface area contributed by atoms with E-state index >= 15 is 0 Å². The van der Waals surface area contributed by atoms with Gasteiger partial charge in [0.1, 0.15) is 0 Å². The molecule has 0 spiro atoms. The number of benzene rings is 1. The summed E-state index contributed by atoms with van der Waals surface area (Å²) >= 11 is 0. The summed E-state index contributed by atoms with van der Waals surface area (Å²) in [5.74, 6) is 0.868. The molecule has 16 heavy (non-hydrogen) atoms. The maximum atomic E-state index is 5.93. The molecule has 0 atom stereocenters. The Morgan fingerprint density at radius 1 is 1.00 bits per heavy atom. The van der Waals surface area contributed by atoms with Gasteiger partial charge >= 0.3 is 0 Å². The first-order valence-corrected chi connectivity index (χ1v) is 6.61. The van der Waals surface area contributed by atoms with Gasteiger partial charge in [-0.3, -0.25) is 0 Å². The van der Waals surface area contributed by atoms with Crippen molar-refractivity contribution in [1.29, 1.82) is 0 Å². The molecule has 1 saturated carbocycles. The fourth-order valence-corrected chi connectivity index (χ4v) is 2.64. The van der Waals surface area contributed by atoms with Gasteiger partial charge in [0, 0.05) is 6.04 Å². The lowest BCUT2D eigenvalue weighted by Gasteiger charge is -2.26. The van der Waals surface area contributed by atoms with Gasteiger partial charge in [0.2, 0.25) is 0 Å². The van der Waals surface area contributed by atoms with Gasteiger partial charge in [-0.2, -0.15) is 0 Å². The van der Waals surface area contributed by atoms with Gasteiger partial charge in [0.05, 0.1) is 0 Å². The van der Waals surface area contributed by atoms with E-state index in [4.69, 9.17) is 5.73 Å². The van der Waals surface area contributed by atoms with Crippen molar-refractivity contribution in [2.24, 2.45) is 11.7 Å². The summed E-state index contributed by atoms with van der Waals surface area (Å²) in [6.07, 6.45) is 7.46. The van der Waals surface area contributed by atoms with Gasteiger partial charge in [-0.05, 0) is 55.6 Å². The second kappa shape index (κ2) is 5.49. The molecule has 2 rings (SSSR count). The Labute approximate surface area is 99.0 Å². The SMILES string of the molecule is CCc1ccc(CC2CCC(N)CC2)cc1. The van der Waals surface area contributed by atoms with E-state index in [1.54, 1.807) is 0 Å². The molecule has 0 aliphatic heterocycles. The average Bonchev–Trinajstić information content (AvgIpc) is 2.33. The molecule has 0 amide bonds. The third kappa shape index (κ3) is 3.08. The number of hydrogen-bond acceptors (Lipinski definition) is 1.